The van der Waals surface area contributed by atoms with Crippen LogP contribution in [0.1, 0.15) is 19.4 Å². The summed E-state index contributed by atoms with van der Waals surface area (Å²) in [6.07, 6.45) is 0. The molecule has 1 N–H and O–H groups in total. The average Bonchev–Trinajstić information content (AvgIpc) is 2.47. The Kier molecular flexibility index (Phi) is 5.02. The SMILES string of the molecule is COc1ccc(Oc2ccc(CNC(C)C)cc2)cc1. The summed E-state index contributed by atoms with van der Waals surface area (Å²) < 4.78 is 10.9. The molecular weight excluding hydrogens is 250 g/mol. The normalized spacial score (nSPS) is 10.6. The van der Waals surface area contributed by atoms with Gasteiger partial charge < -0.3 is 14.8 Å². The molecule has 0 bridgehead atoms. The molecule has 0 atom stereocenters. The third-order valence-electron chi connectivity index (χ3n) is 2.93. The van der Waals surface area contributed by atoms with Crippen LogP contribution in [0.25, 0.3) is 0 Å². The molecule has 20 heavy (non-hydrogen) atoms. The van der Waals surface area contributed by atoms with Crippen LogP contribution in [0.3, 0.4) is 0 Å². The van der Waals surface area contributed by atoms with E-state index in [2.05, 4.69) is 31.3 Å². The fourth-order valence-corrected chi connectivity index (χ4v) is 1.78. The molecule has 2 rings (SSSR count). The highest BCUT2D eigenvalue weighted by molar-refractivity contribution is 5.36. The van der Waals surface area contributed by atoms with Gasteiger partial charge in [0.15, 0.2) is 0 Å². The first-order valence-electron chi connectivity index (χ1n) is 6.81. The van der Waals surface area contributed by atoms with Crippen LogP contribution in [0, 0.1) is 0 Å². The van der Waals surface area contributed by atoms with Crippen molar-refractivity contribution in [3.63, 3.8) is 0 Å². The Hall–Kier alpha value is -2.00. The number of benzene rings is 2. The fourth-order valence-electron chi connectivity index (χ4n) is 1.78. The molecule has 106 valence electrons. The largest absolute Gasteiger partial charge is 0.497 e. The summed E-state index contributed by atoms with van der Waals surface area (Å²) in [4.78, 5) is 0. The Morgan fingerprint density at radius 3 is 1.85 bits per heavy atom. The fraction of sp³-hybridized carbons (Fsp3) is 0.294. The van der Waals surface area contributed by atoms with Gasteiger partial charge in [-0.2, -0.15) is 0 Å². The van der Waals surface area contributed by atoms with E-state index in [0.29, 0.717) is 6.04 Å². The lowest BCUT2D eigenvalue weighted by atomic mass is 10.2. The summed E-state index contributed by atoms with van der Waals surface area (Å²) in [6, 6.07) is 16.2. The van der Waals surface area contributed by atoms with Crippen molar-refractivity contribution >= 4 is 0 Å². The van der Waals surface area contributed by atoms with Crippen molar-refractivity contribution in [3.05, 3.63) is 54.1 Å². The van der Waals surface area contributed by atoms with E-state index in [-0.39, 0.29) is 0 Å². The molecule has 0 unspecified atom stereocenters. The van der Waals surface area contributed by atoms with Gasteiger partial charge in [-0.1, -0.05) is 26.0 Å². The molecule has 0 amide bonds. The van der Waals surface area contributed by atoms with E-state index in [4.69, 9.17) is 9.47 Å². The molecule has 0 saturated carbocycles. The molecule has 0 saturated heterocycles. The number of hydrogen-bond donors (Lipinski definition) is 1. The van der Waals surface area contributed by atoms with Gasteiger partial charge in [-0.25, -0.2) is 0 Å². The Balaban J connectivity index is 1.95. The van der Waals surface area contributed by atoms with Crippen molar-refractivity contribution in [1.29, 1.82) is 0 Å². The highest BCUT2D eigenvalue weighted by Gasteiger charge is 1.99. The summed E-state index contributed by atoms with van der Waals surface area (Å²) >= 11 is 0. The number of ether oxygens (including phenoxy) is 2. The molecule has 0 heterocycles. The van der Waals surface area contributed by atoms with Gasteiger partial charge in [0.1, 0.15) is 17.2 Å². The number of methoxy groups -OCH3 is 1. The van der Waals surface area contributed by atoms with Gasteiger partial charge in [-0.15, -0.1) is 0 Å². The van der Waals surface area contributed by atoms with Gasteiger partial charge in [-0.3, -0.25) is 0 Å². The minimum Gasteiger partial charge on any atom is -0.497 e. The van der Waals surface area contributed by atoms with E-state index in [0.717, 1.165) is 23.8 Å². The summed E-state index contributed by atoms with van der Waals surface area (Å²) in [7, 11) is 1.65. The zero-order valence-corrected chi connectivity index (χ0v) is 12.2. The van der Waals surface area contributed by atoms with E-state index in [1.807, 2.05) is 36.4 Å². The summed E-state index contributed by atoms with van der Waals surface area (Å²) in [5.74, 6) is 2.47. The minimum absolute atomic E-state index is 0.491. The second-order valence-electron chi connectivity index (χ2n) is 4.96. The topological polar surface area (TPSA) is 30.5 Å². The van der Waals surface area contributed by atoms with Crippen LogP contribution in [0.15, 0.2) is 48.5 Å². The quantitative estimate of drug-likeness (QED) is 0.862. The smallest absolute Gasteiger partial charge is 0.127 e. The van der Waals surface area contributed by atoms with Gasteiger partial charge >= 0.3 is 0 Å². The summed E-state index contributed by atoms with van der Waals surface area (Å²) in [5.41, 5.74) is 1.25. The molecule has 0 aliphatic heterocycles. The van der Waals surface area contributed by atoms with Crippen molar-refractivity contribution in [2.75, 3.05) is 7.11 Å². The molecule has 2 aromatic carbocycles. The predicted octanol–water partition coefficient (Wildman–Crippen LogP) is 3.99. The monoisotopic (exact) mass is 271 g/mol. The van der Waals surface area contributed by atoms with Crippen molar-refractivity contribution in [3.8, 4) is 17.2 Å². The standard InChI is InChI=1S/C17H21NO2/c1-13(2)18-12-14-4-6-16(7-5-14)20-17-10-8-15(19-3)9-11-17/h4-11,13,18H,12H2,1-3H3. The Morgan fingerprint density at radius 2 is 1.35 bits per heavy atom. The summed E-state index contributed by atoms with van der Waals surface area (Å²) in [5, 5.41) is 3.39. The van der Waals surface area contributed by atoms with Crippen molar-refractivity contribution in [2.24, 2.45) is 0 Å². The van der Waals surface area contributed by atoms with Crippen molar-refractivity contribution in [2.45, 2.75) is 26.4 Å². The number of hydrogen-bond acceptors (Lipinski definition) is 3. The molecule has 0 aromatic heterocycles. The highest BCUT2D eigenvalue weighted by atomic mass is 16.5. The van der Waals surface area contributed by atoms with Crippen LogP contribution in [0.5, 0.6) is 17.2 Å². The van der Waals surface area contributed by atoms with E-state index in [9.17, 15) is 0 Å². The Labute approximate surface area is 120 Å². The van der Waals surface area contributed by atoms with E-state index < -0.39 is 0 Å². The molecule has 0 radical (unpaired) electrons. The van der Waals surface area contributed by atoms with Crippen LogP contribution in [-0.4, -0.2) is 13.2 Å². The van der Waals surface area contributed by atoms with Gasteiger partial charge in [-0.05, 0) is 42.0 Å². The third kappa shape index (κ3) is 4.28. The van der Waals surface area contributed by atoms with Gasteiger partial charge in [0, 0.05) is 12.6 Å². The molecule has 0 aliphatic rings. The molecule has 3 heteroatoms. The van der Waals surface area contributed by atoms with E-state index >= 15 is 0 Å². The first kappa shape index (κ1) is 14.4. The van der Waals surface area contributed by atoms with Gasteiger partial charge in [0.25, 0.3) is 0 Å². The lowest BCUT2D eigenvalue weighted by molar-refractivity contribution is 0.413. The minimum atomic E-state index is 0.491. The Morgan fingerprint density at radius 1 is 0.850 bits per heavy atom. The molecule has 0 fully saturated rings. The first-order chi connectivity index (χ1) is 9.67. The molecular formula is C17H21NO2. The maximum atomic E-state index is 5.78. The van der Waals surface area contributed by atoms with Crippen LogP contribution in [0.2, 0.25) is 0 Å². The second-order valence-corrected chi connectivity index (χ2v) is 4.96. The predicted molar refractivity (Wildman–Crippen MR) is 81.5 cm³/mol. The summed E-state index contributed by atoms with van der Waals surface area (Å²) in [6.45, 7) is 5.16. The van der Waals surface area contributed by atoms with Crippen LogP contribution < -0.4 is 14.8 Å². The lowest BCUT2D eigenvalue weighted by Gasteiger charge is -2.10. The van der Waals surface area contributed by atoms with E-state index in [1.165, 1.54) is 5.56 Å². The van der Waals surface area contributed by atoms with Crippen LogP contribution >= 0.6 is 0 Å². The molecule has 2 aromatic rings. The number of nitrogens with one attached hydrogen (secondary N) is 1. The molecule has 3 nitrogen and oxygen atoms in total. The Bertz CT molecular complexity index is 518. The second kappa shape index (κ2) is 6.96. The average molecular weight is 271 g/mol. The lowest BCUT2D eigenvalue weighted by Crippen LogP contribution is -2.21. The van der Waals surface area contributed by atoms with Crippen molar-refractivity contribution < 1.29 is 9.47 Å². The van der Waals surface area contributed by atoms with Gasteiger partial charge in [0.05, 0.1) is 7.11 Å². The van der Waals surface area contributed by atoms with Crippen LogP contribution in [-0.2, 0) is 6.54 Å². The zero-order valence-electron chi connectivity index (χ0n) is 12.2. The maximum Gasteiger partial charge on any atom is 0.127 e. The van der Waals surface area contributed by atoms with Crippen LogP contribution in [0.4, 0.5) is 0 Å². The van der Waals surface area contributed by atoms with E-state index in [1.54, 1.807) is 7.11 Å². The maximum absolute atomic E-state index is 5.78. The highest BCUT2D eigenvalue weighted by Crippen LogP contribution is 2.23. The zero-order chi connectivity index (χ0) is 14.4. The molecule has 0 aliphatic carbocycles. The first-order valence-corrected chi connectivity index (χ1v) is 6.81. The van der Waals surface area contributed by atoms with Crippen molar-refractivity contribution in [1.82, 2.24) is 5.32 Å². The molecule has 0 spiro atoms. The van der Waals surface area contributed by atoms with Gasteiger partial charge in [0.2, 0.25) is 0 Å². The number of rotatable bonds is 6. The third-order valence-corrected chi connectivity index (χ3v) is 2.93.